The highest BCUT2D eigenvalue weighted by Crippen LogP contribution is 2.28. The predicted octanol–water partition coefficient (Wildman–Crippen LogP) is 1.08. The third-order valence-corrected chi connectivity index (χ3v) is 4.57. The van der Waals surface area contributed by atoms with Gasteiger partial charge in [0.1, 0.15) is 6.04 Å². The van der Waals surface area contributed by atoms with E-state index in [1.165, 1.54) is 33.3 Å². The lowest BCUT2D eigenvalue weighted by Crippen LogP contribution is -3.00. The molecule has 1 aromatic heterocycles. The van der Waals surface area contributed by atoms with E-state index in [4.69, 9.17) is 0 Å². The normalized spacial score (nSPS) is 12.2. The minimum atomic E-state index is 0. The predicted molar refractivity (Wildman–Crippen MR) is 91.2 cm³/mol. The number of nitrogens with one attached hydrogen (secondary N) is 1. The molecule has 1 heterocycles. The Bertz CT molecular complexity index is 778. The van der Waals surface area contributed by atoms with Gasteiger partial charge in [0.25, 0.3) is 0 Å². The summed E-state index contributed by atoms with van der Waals surface area (Å²) in [6.45, 7) is 4.26. The molecule has 0 spiro atoms. The third-order valence-electron chi connectivity index (χ3n) is 4.08. The standard InChI is InChI=1S/C18H19BrN2.ClH/c1-11-3-5-13(6-4-11)17(20)10-15-12(2)21-18-8-7-14(19)9-16(15)18;/h3-9,17,21H,10,20H2,1-2H3;1H. The summed E-state index contributed by atoms with van der Waals surface area (Å²) < 4.78 is 1.12. The molecule has 2 aromatic carbocycles. The van der Waals surface area contributed by atoms with Crippen LogP contribution in [0.25, 0.3) is 10.9 Å². The molecule has 0 aliphatic carbocycles. The molecule has 1 atom stereocenters. The average molecular weight is 380 g/mol. The highest BCUT2D eigenvalue weighted by atomic mass is 79.9. The fraction of sp³-hybridized carbons (Fsp3) is 0.222. The van der Waals surface area contributed by atoms with E-state index >= 15 is 0 Å². The fourth-order valence-corrected chi connectivity index (χ4v) is 3.18. The monoisotopic (exact) mass is 378 g/mol. The molecule has 1 unspecified atom stereocenters. The van der Waals surface area contributed by atoms with Crippen LogP contribution in [0.5, 0.6) is 0 Å². The minimum Gasteiger partial charge on any atom is -1.00 e. The van der Waals surface area contributed by atoms with Gasteiger partial charge in [-0.2, -0.15) is 0 Å². The first-order chi connectivity index (χ1) is 10.0. The maximum atomic E-state index is 4.36. The second-order valence-corrected chi connectivity index (χ2v) is 6.65. The van der Waals surface area contributed by atoms with Gasteiger partial charge in [0, 0.05) is 33.1 Å². The van der Waals surface area contributed by atoms with Crippen LogP contribution < -0.4 is 18.1 Å². The zero-order valence-corrected chi connectivity index (χ0v) is 15.1. The van der Waals surface area contributed by atoms with E-state index in [0.717, 1.165) is 10.9 Å². The van der Waals surface area contributed by atoms with Crippen molar-refractivity contribution in [2.75, 3.05) is 0 Å². The third kappa shape index (κ3) is 3.37. The van der Waals surface area contributed by atoms with Crippen LogP contribution >= 0.6 is 15.9 Å². The van der Waals surface area contributed by atoms with Gasteiger partial charge >= 0.3 is 0 Å². The number of aromatic amines is 1. The summed E-state index contributed by atoms with van der Waals surface area (Å²) >= 11 is 3.57. The van der Waals surface area contributed by atoms with Crippen LogP contribution in [0, 0.1) is 13.8 Å². The molecule has 0 fully saturated rings. The number of quaternary nitrogens is 1. The summed E-state index contributed by atoms with van der Waals surface area (Å²) in [6, 6.07) is 15.3. The van der Waals surface area contributed by atoms with Crippen LogP contribution in [-0.2, 0) is 6.42 Å². The first-order valence-corrected chi connectivity index (χ1v) is 8.00. The zero-order valence-electron chi connectivity index (χ0n) is 12.8. The van der Waals surface area contributed by atoms with Crippen molar-refractivity contribution in [3.63, 3.8) is 0 Å². The zero-order chi connectivity index (χ0) is 15.0. The smallest absolute Gasteiger partial charge is 0.114 e. The lowest BCUT2D eigenvalue weighted by Gasteiger charge is -2.10. The second-order valence-electron chi connectivity index (χ2n) is 5.73. The van der Waals surface area contributed by atoms with Crippen LogP contribution in [0.4, 0.5) is 0 Å². The van der Waals surface area contributed by atoms with Crippen LogP contribution in [-0.4, -0.2) is 4.98 Å². The lowest BCUT2D eigenvalue weighted by atomic mass is 9.97. The Kier molecular flexibility index (Phi) is 5.32. The van der Waals surface area contributed by atoms with Gasteiger partial charge in [0.2, 0.25) is 0 Å². The summed E-state index contributed by atoms with van der Waals surface area (Å²) in [6.07, 6.45) is 0.950. The van der Waals surface area contributed by atoms with E-state index in [-0.39, 0.29) is 18.4 Å². The number of halogens is 2. The largest absolute Gasteiger partial charge is 1.00 e. The van der Waals surface area contributed by atoms with E-state index in [1.807, 2.05) is 0 Å². The molecule has 3 aromatic rings. The Labute approximate surface area is 145 Å². The molecule has 0 saturated carbocycles. The first kappa shape index (κ1) is 17.1. The molecule has 3 rings (SSSR count). The fourth-order valence-electron chi connectivity index (χ4n) is 2.82. The maximum absolute atomic E-state index is 4.36. The molecular formula is C18H20BrClN2. The molecule has 0 radical (unpaired) electrons. The van der Waals surface area contributed by atoms with Gasteiger partial charge < -0.3 is 23.1 Å². The molecule has 0 aliphatic rings. The van der Waals surface area contributed by atoms with E-state index in [1.54, 1.807) is 0 Å². The summed E-state index contributed by atoms with van der Waals surface area (Å²) in [5, 5.41) is 1.29. The van der Waals surface area contributed by atoms with E-state index < -0.39 is 0 Å². The molecular weight excluding hydrogens is 360 g/mol. The second kappa shape index (κ2) is 6.86. The highest BCUT2D eigenvalue weighted by Gasteiger charge is 2.16. The number of H-pyrrole nitrogens is 1. The van der Waals surface area contributed by atoms with Crippen molar-refractivity contribution in [1.29, 1.82) is 0 Å². The van der Waals surface area contributed by atoms with Crippen LogP contribution in [0.2, 0.25) is 0 Å². The maximum Gasteiger partial charge on any atom is 0.114 e. The van der Waals surface area contributed by atoms with Gasteiger partial charge in [-0.1, -0.05) is 45.8 Å². The summed E-state index contributed by atoms with van der Waals surface area (Å²) in [5.74, 6) is 0. The van der Waals surface area contributed by atoms with Gasteiger partial charge in [-0.3, -0.25) is 0 Å². The molecule has 2 nitrogen and oxygen atoms in total. The Morgan fingerprint density at radius 1 is 1.09 bits per heavy atom. The number of aryl methyl sites for hydroxylation is 2. The molecule has 4 N–H and O–H groups in total. The van der Waals surface area contributed by atoms with Crippen molar-refractivity contribution in [2.24, 2.45) is 0 Å². The van der Waals surface area contributed by atoms with E-state index in [0.29, 0.717) is 0 Å². The van der Waals surface area contributed by atoms with Crippen molar-refractivity contribution in [1.82, 2.24) is 4.98 Å². The Hall–Kier alpha value is -1.29. The van der Waals surface area contributed by atoms with Crippen molar-refractivity contribution < 1.29 is 18.1 Å². The molecule has 0 saturated heterocycles. The number of fused-ring (bicyclic) bond motifs is 1. The molecule has 0 aliphatic heterocycles. The van der Waals surface area contributed by atoms with E-state index in [9.17, 15) is 0 Å². The summed E-state index contributed by atoms with van der Waals surface area (Å²) in [5.41, 5.74) is 10.7. The van der Waals surface area contributed by atoms with Crippen LogP contribution in [0.1, 0.15) is 28.4 Å². The summed E-state index contributed by atoms with van der Waals surface area (Å²) in [7, 11) is 0. The average Bonchev–Trinajstić information content (AvgIpc) is 2.76. The van der Waals surface area contributed by atoms with Gasteiger partial charge in [-0.25, -0.2) is 0 Å². The summed E-state index contributed by atoms with van der Waals surface area (Å²) in [4.78, 5) is 3.47. The van der Waals surface area contributed by atoms with Crippen molar-refractivity contribution in [3.8, 4) is 0 Å². The number of hydrogen-bond donors (Lipinski definition) is 2. The molecule has 0 amide bonds. The quantitative estimate of drug-likeness (QED) is 0.684. The highest BCUT2D eigenvalue weighted by molar-refractivity contribution is 9.10. The van der Waals surface area contributed by atoms with Crippen LogP contribution in [0.3, 0.4) is 0 Å². The number of rotatable bonds is 3. The number of hydrogen-bond acceptors (Lipinski definition) is 0. The first-order valence-electron chi connectivity index (χ1n) is 7.21. The number of aromatic nitrogens is 1. The topological polar surface area (TPSA) is 43.4 Å². The molecule has 116 valence electrons. The Balaban J connectivity index is 0.00000176. The van der Waals surface area contributed by atoms with Gasteiger partial charge in [0.15, 0.2) is 0 Å². The van der Waals surface area contributed by atoms with Crippen molar-refractivity contribution >= 4 is 26.8 Å². The van der Waals surface area contributed by atoms with Crippen LogP contribution in [0.15, 0.2) is 46.9 Å². The van der Waals surface area contributed by atoms with Crippen molar-refractivity contribution in [2.45, 2.75) is 26.3 Å². The van der Waals surface area contributed by atoms with Crippen molar-refractivity contribution in [3.05, 3.63) is 69.3 Å². The molecule has 0 bridgehead atoms. The minimum absolute atomic E-state index is 0. The molecule has 22 heavy (non-hydrogen) atoms. The Morgan fingerprint density at radius 2 is 1.77 bits per heavy atom. The van der Waals surface area contributed by atoms with Gasteiger partial charge in [0.05, 0.1) is 0 Å². The number of benzene rings is 2. The lowest BCUT2D eigenvalue weighted by molar-refractivity contribution is -0.426. The Morgan fingerprint density at radius 3 is 2.45 bits per heavy atom. The molecule has 4 heteroatoms. The van der Waals surface area contributed by atoms with Gasteiger partial charge in [-0.15, -0.1) is 0 Å². The van der Waals surface area contributed by atoms with E-state index in [2.05, 4.69) is 83.0 Å². The van der Waals surface area contributed by atoms with Gasteiger partial charge in [-0.05, 0) is 37.6 Å². The SMILES string of the molecule is Cc1ccc(C([NH3+])Cc2c(C)[nH]c3ccc(Br)cc23)cc1.[Cl-].